The number of nitrogens with zero attached hydrogens (tertiary/aromatic N) is 2. The zero-order valence-electron chi connectivity index (χ0n) is 14.4. The second kappa shape index (κ2) is 5.99. The number of aromatic carboxylic acids is 1. The van der Waals surface area contributed by atoms with Crippen LogP contribution in [-0.4, -0.2) is 21.0 Å². The molecule has 0 saturated heterocycles. The summed E-state index contributed by atoms with van der Waals surface area (Å²) in [6.07, 6.45) is 3.76. The Morgan fingerprint density at radius 3 is 2.52 bits per heavy atom. The van der Waals surface area contributed by atoms with Crippen molar-refractivity contribution in [2.24, 2.45) is 0 Å². The summed E-state index contributed by atoms with van der Waals surface area (Å²) in [5.41, 5.74) is 3.98. The molecule has 0 unspecified atom stereocenters. The second-order valence-electron chi connectivity index (χ2n) is 6.83. The highest BCUT2D eigenvalue weighted by atomic mass is 32.1. The summed E-state index contributed by atoms with van der Waals surface area (Å²) in [6.45, 7) is 0. The minimum absolute atomic E-state index is 0.132. The molecule has 4 aromatic rings. The van der Waals surface area contributed by atoms with Gasteiger partial charge < -0.3 is 5.11 Å². The average Bonchev–Trinajstić information content (AvgIpc) is 3.40. The molecule has 0 bridgehead atoms. The lowest BCUT2D eigenvalue weighted by Crippen LogP contribution is -2.13. The topological polar surface area (TPSA) is 63.1 Å². The summed E-state index contributed by atoms with van der Waals surface area (Å²) < 4.78 is 0. The lowest BCUT2D eigenvalue weighted by Gasteiger charge is -2.21. The van der Waals surface area contributed by atoms with Crippen LogP contribution < -0.4 is 0 Å². The van der Waals surface area contributed by atoms with Gasteiger partial charge in [0.05, 0.1) is 5.56 Å². The number of aromatic nitrogens is 2. The molecule has 2 heterocycles. The zero-order valence-corrected chi connectivity index (χ0v) is 15.2. The van der Waals surface area contributed by atoms with Gasteiger partial charge in [0, 0.05) is 17.2 Å². The minimum Gasteiger partial charge on any atom is -0.478 e. The molecule has 0 amide bonds. The van der Waals surface area contributed by atoms with Gasteiger partial charge in [-0.25, -0.2) is 14.8 Å². The Morgan fingerprint density at radius 2 is 1.81 bits per heavy atom. The number of carboxylic acids is 1. The Labute approximate surface area is 160 Å². The molecule has 132 valence electrons. The molecule has 0 spiro atoms. The number of carboxylic acid groups (broad SMARTS) is 1. The number of pyridine rings is 1. The van der Waals surface area contributed by atoms with E-state index in [0.29, 0.717) is 5.56 Å². The van der Waals surface area contributed by atoms with Crippen LogP contribution in [-0.2, 0) is 5.41 Å². The van der Waals surface area contributed by atoms with Crippen molar-refractivity contribution >= 4 is 27.7 Å². The van der Waals surface area contributed by atoms with Crippen molar-refractivity contribution in [3.05, 3.63) is 83.6 Å². The van der Waals surface area contributed by atoms with Crippen LogP contribution in [0, 0.1) is 0 Å². The molecule has 1 saturated carbocycles. The van der Waals surface area contributed by atoms with Crippen LogP contribution in [0.4, 0.5) is 0 Å². The lowest BCUT2D eigenvalue weighted by atomic mass is 9.83. The van der Waals surface area contributed by atoms with E-state index in [9.17, 15) is 9.90 Å². The number of hydrogen-bond donors (Lipinski definition) is 1. The zero-order chi connectivity index (χ0) is 18.4. The minimum atomic E-state index is -0.928. The van der Waals surface area contributed by atoms with Gasteiger partial charge in [-0.1, -0.05) is 53.8 Å². The van der Waals surface area contributed by atoms with Gasteiger partial charge >= 0.3 is 5.97 Å². The number of benzene rings is 2. The van der Waals surface area contributed by atoms with Gasteiger partial charge in [-0.15, -0.1) is 0 Å². The first kappa shape index (κ1) is 16.1. The molecule has 0 radical (unpaired) electrons. The molecule has 0 aliphatic heterocycles. The monoisotopic (exact) mass is 372 g/mol. The smallest absolute Gasteiger partial charge is 0.336 e. The molecule has 1 N–H and O–H groups in total. The highest BCUT2D eigenvalue weighted by Crippen LogP contribution is 2.56. The molecule has 1 aliphatic rings. The molecule has 2 aromatic heterocycles. The summed E-state index contributed by atoms with van der Waals surface area (Å²) in [5.74, 6) is -0.928. The van der Waals surface area contributed by atoms with Crippen LogP contribution in [0.3, 0.4) is 0 Å². The van der Waals surface area contributed by atoms with E-state index in [2.05, 4.69) is 23.2 Å². The fourth-order valence-corrected chi connectivity index (χ4v) is 4.81. The molecular weight excluding hydrogens is 356 g/mol. The van der Waals surface area contributed by atoms with E-state index in [1.165, 1.54) is 16.9 Å². The summed E-state index contributed by atoms with van der Waals surface area (Å²) in [5, 5.41) is 10.6. The molecule has 5 heteroatoms. The summed E-state index contributed by atoms with van der Waals surface area (Å²) in [7, 11) is 0. The highest BCUT2D eigenvalue weighted by molar-refractivity contribution is 7.21. The van der Waals surface area contributed by atoms with E-state index in [1.54, 1.807) is 12.3 Å². The Morgan fingerprint density at radius 1 is 1.00 bits per heavy atom. The number of rotatable bonds is 4. The summed E-state index contributed by atoms with van der Waals surface area (Å²) >= 11 is 1.45. The fourth-order valence-electron chi connectivity index (χ4n) is 3.83. The first-order valence-corrected chi connectivity index (χ1v) is 9.65. The fraction of sp³-hybridized carbons (Fsp3) is 0.136. The molecule has 1 aliphatic carbocycles. The molecule has 27 heavy (non-hydrogen) atoms. The standard InChI is InChI=1S/C22H16N2O2S/c25-21(26)15-8-4-9-16(22(11-12-22)14-6-2-1-3-7-14)18(15)20-24-17-10-5-13-23-19(17)27-20/h1-10,13H,11-12H2,(H,25,26). The van der Waals surface area contributed by atoms with E-state index >= 15 is 0 Å². The van der Waals surface area contributed by atoms with Crippen molar-refractivity contribution in [2.75, 3.05) is 0 Å². The third-order valence-electron chi connectivity index (χ3n) is 5.27. The number of hydrogen-bond acceptors (Lipinski definition) is 4. The molecule has 5 rings (SSSR count). The number of carbonyl (C=O) groups is 1. The van der Waals surface area contributed by atoms with Crippen LogP contribution in [0.2, 0.25) is 0 Å². The maximum Gasteiger partial charge on any atom is 0.336 e. The van der Waals surface area contributed by atoms with Crippen molar-refractivity contribution in [2.45, 2.75) is 18.3 Å². The SMILES string of the molecule is O=C(O)c1cccc(C2(c3ccccc3)CC2)c1-c1nc2cccnc2s1. The third kappa shape index (κ3) is 2.54. The van der Waals surface area contributed by atoms with E-state index in [0.717, 1.165) is 39.3 Å². The van der Waals surface area contributed by atoms with Crippen molar-refractivity contribution in [1.82, 2.24) is 9.97 Å². The molecular formula is C22H16N2O2S. The Bertz CT molecular complexity index is 1130. The average molecular weight is 372 g/mol. The Kier molecular flexibility index (Phi) is 3.58. The predicted octanol–water partition coefficient (Wildman–Crippen LogP) is 5.14. The normalized spacial score (nSPS) is 15.0. The largest absolute Gasteiger partial charge is 0.478 e. The molecule has 2 aromatic carbocycles. The van der Waals surface area contributed by atoms with Crippen molar-refractivity contribution < 1.29 is 9.90 Å². The lowest BCUT2D eigenvalue weighted by molar-refractivity contribution is 0.0697. The van der Waals surface area contributed by atoms with Crippen molar-refractivity contribution in [1.29, 1.82) is 0 Å². The van der Waals surface area contributed by atoms with Gasteiger partial charge in [0.15, 0.2) is 0 Å². The molecule has 4 nitrogen and oxygen atoms in total. The van der Waals surface area contributed by atoms with Gasteiger partial charge in [-0.2, -0.15) is 0 Å². The highest BCUT2D eigenvalue weighted by Gasteiger charge is 2.48. The summed E-state index contributed by atoms with van der Waals surface area (Å²) in [6, 6.07) is 19.7. The van der Waals surface area contributed by atoms with E-state index in [4.69, 9.17) is 4.98 Å². The van der Waals surface area contributed by atoms with Crippen LogP contribution >= 0.6 is 11.3 Å². The Balaban J connectivity index is 1.78. The maximum atomic E-state index is 12.0. The maximum absolute atomic E-state index is 12.0. The van der Waals surface area contributed by atoms with Crippen molar-refractivity contribution in [3.8, 4) is 10.6 Å². The first-order chi connectivity index (χ1) is 13.2. The van der Waals surface area contributed by atoms with E-state index < -0.39 is 5.97 Å². The predicted molar refractivity (Wildman–Crippen MR) is 106 cm³/mol. The van der Waals surface area contributed by atoms with Gasteiger partial charge in [0.1, 0.15) is 15.4 Å². The van der Waals surface area contributed by atoms with Crippen LogP contribution in [0.25, 0.3) is 20.9 Å². The molecule has 0 atom stereocenters. The van der Waals surface area contributed by atoms with Crippen molar-refractivity contribution in [3.63, 3.8) is 0 Å². The third-order valence-corrected chi connectivity index (χ3v) is 6.26. The number of fused-ring (bicyclic) bond motifs is 1. The first-order valence-electron chi connectivity index (χ1n) is 8.83. The van der Waals surface area contributed by atoms with Crippen LogP contribution in [0.5, 0.6) is 0 Å². The number of thiazole rings is 1. The van der Waals surface area contributed by atoms with Crippen LogP contribution in [0.15, 0.2) is 66.9 Å². The van der Waals surface area contributed by atoms with E-state index in [1.807, 2.05) is 36.4 Å². The van der Waals surface area contributed by atoms with Gasteiger partial charge in [-0.3, -0.25) is 0 Å². The van der Waals surface area contributed by atoms with Crippen LogP contribution in [0.1, 0.15) is 34.3 Å². The van der Waals surface area contributed by atoms with Gasteiger partial charge in [0.25, 0.3) is 0 Å². The van der Waals surface area contributed by atoms with Gasteiger partial charge in [-0.05, 0) is 42.2 Å². The Hall–Kier alpha value is -3.05. The van der Waals surface area contributed by atoms with E-state index in [-0.39, 0.29) is 5.41 Å². The summed E-state index contributed by atoms with van der Waals surface area (Å²) in [4.78, 5) is 21.9. The van der Waals surface area contributed by atoms with Gasteiger partial charge in [0.2, 0.25) is 0 Å². The quantitative estimate of drug-likeness (QED) is 0.539. The molecule has 1 fully saturated rings. The second-order valence-corrected chi connectivity index (χ2v) is 7.81.